The van der Waals surface area contributed by atoms with Crippen LogP contribution in [0.3, 0.4) is 0 Å². The number of nitrogens with zero attached hydrogens (tertiary/aromatic N) is 1. The van der Waals surface area contributed by atoms with E-state index in [0.717, 1.165) is 41.4 Å². The predicted octanol–water partition coefficient (Wildman–Crippen LogP) is 2.86. The predicted molar refractivity (Wildman–Crippen MR) is 99.9 cm³/mol. The second-order valence-electron chi connectivity index (χ2n) is 5.53. The third-order valence-corrected chi connectivity index (χ3v) is 3.90. The van der Waals surface area contributed by atoms with Gasteiger partial charge in [-0.3, -0.25) is 4.79 Å². The van der Waals surface area contributed by atoms with Crippen LogP contribution in [0.15, 0.2) is 30.3 Å². The van der Waals surface area contributed by atoms with Crippen molar-refractivity contribution in [2.75, 3.05) is 27.2 Å². The van der Waals surface area contributed by atoms with Gasteiger partial charge in [-0.25, -0.2) is 0 Å². The van der Waals surface area contributed by atoms with Gasteiger partial charge < -0.3 is 19.9 Å². The highest BCUT2D eigenvalue weighted by atomic mass is 35.5. The molecular weight excluding hydrogens is 326 g/mol. The van der Waals surface area contributed by atoms with Crippen molar-refractivity contribution in [2.45, 2.75) is 20.3 Å². The van der Waals surface area contributed by atoms with Gasteiger partial charge in [0.15, 0.2) is 0 Å². The molecule has 24 heavy (non-hydrogen) atoms. The normalized spacial score (nSPS) is 10.2. The largest absolute Gasteiger partial charge is 0.497 e. The fraction of sp³-hybridized carbons (Fsp3) is 0.389. The number of hydrogen-bond donors (Lipinski definition) is 2. The second-order valence-corrected chi connectivity index (χ2v) is 5.53. The van der Waals surface area contributed by atoms with E-state index in [-0.39, 0.29) is 18.3 Å². The number of aromatic nitrogens is 1. The standard InChI is InChI=1S/C18H25N3O2.ClH/c1-13-12-17(18(22)20-11-5-10-19-3)14(2)21(13)15-6-8-16(23-4)9-7-15;/h6-9,12,19H,5,10-11H2,1-4H3,(H,20,22);1H. The Balaban J connectivity index is 0.00000288. The van der Waals surface area contributed by atoms with E-state index >= 15 is 0 Å². The fourth-order valence-corrected chi connectivity index (χ4v) is 2.68. The van der Waals surface area contributed by atoms with Crippen molar-refractivity contribution in [3.63, 3.8) is 0 Å². The number of halogens is 1. The molecule has 2 N–H and O–H groups in total. The molecule has 0 radical (unpaired) electrons. The molecule has 6 heteroatoms. The molecule has 1 aromatic heterocycles. The fourth-order valence-electron chi connectivity index (χ4n) is 2.68. The lowest BCUT2D eigenvalue weighted by molar-refractivity contribution is 0.0952. The number of methoxy groups -OCH3 is 1. The minimum absolute atomic E-state index is 0. The lowest BCUT2D eigenvalue weighted by Crippen LogP contribution is -2.26. The van der Waals surface area contributed by atoms with Gasteiger partial charge >= 0.3 is 0 Å². The molecule has 0 saturated heterocycles. The summed E-state index contributed by atoms with van der Waals surface area (Å²) in [6, 6.07) is 9.77. The maximum atomic E-state index is 12.4. The number of carbonyl (C=O) groups is 1. The van der Waals surface area contributed by atoms with Gasteiger partial charge in [-0.15, -0.1) is 12.4 Å². The summed E-state index contributed by atoms with van der Waals surface area (Å²) in [5.41, 5.74) is 3.73. The Morgan fingerprint density at radius 1 is 1.17 bits per heavy atom. The molecule has 2 rings (SSSR count). The van der Waals surface area contributed by atoms with Crippen LogP contribution < -0.4 is 15.4 Å². The average Bonchev–Trinajstić information content (AvgIpc) is 2.86. The molecule has 1 aromatic carbocycles. The molecule has 0 aliphatic rings. The molecule has 132 valence electrons. The number of benzene rings is 1. The number of rotatable bonds is 7. The van der Waals surface area contributed by atoms with Crippen molar-refractivity contribution in [3.8, 4) is 11.4 Å². The summed E-state index contributed by atoms with van der Waals surface area (Å²) in [6.45, 7) is 5.55. The maximum Gasteiger partial charge on any atom is 0.253 e. The molecule has 5 nitrogen and oxygen atoms in total. The van der Waals surface area contributed by atoms with Gasteiger partial charge in [-0.2, -0.15) is 0 Å². The van der Waals surface area contributed by atoms with Crippen LogP contribution in [0.1, 0.15) is 28.2 Å². The zero-order valence-corrected chi connectivity index (χ0v) is 15.5. The minimum atomic E-state index is -0.0195. The quantitative estimate of drug-likeness (QED) is 0.754. The molecule has 1 amide bonds. The number of aryl methyl sites for hydroxylation is 1. The molecule has 0 saturated carbocycles. The Morgan fingerprint density at radius 2 is 1.83 bits per heavy atom. The Labute approximate surface area is 149 Å². The highest BCUT2D eigenvalue weighted by Crippen LogP contribution is 2.22. The molecule has 0 spiro atoms. The number of amides is 1. The molecule has 0 aliphatic carbocycles. The second kappa shape index (κ2) is 9.35. The van der Waals surface area contributed by atoms with Crippen molar-refractivity contribution in [3.05, 3.63) is 47.3 Å². The molecule has 0 bridgehead atoms. The Morgan fingerprint density at radius 3 is 2.42 bits per heavy atom. The van der Waals surface area contributed by atoms with Gasteiger partial charge in [0.1, 0.15) is 5.75 Å². The summed E-state index contributed by atoms with van der Waals surface area (Å²) in [6.07, 6.45) is 0.916. The average molecular weight is 352 g/mol. The SMILES string of the molecule is CNCCCNC(=O)c1cc(C)n(-c2ccc(OC)cc2)c1C.Cl. The first kappa shape index (κ1) is 20.1. The Kier molecular flexibility index (Phi) is 7.82. The van der Waals surface area contributed by atoms with E-state index in [4.69, 9.17) is 4.74 Å². The van der Waals surface area contributed by atoms with E-state index in [0.29, 0.717) is 6.54 Å². The van der Waals surface area contributed by atoms with Crippen LogP contribution in [0.25, 0.3) is 5.69 Å². The monoisotopic (exact) mass is 351 g/mol. The summed E-state index contributed by atoms with van der Waals surface area (Å²) in [5, 5.41) is 6.04. The van der Waals surface area contributed by atoms with Crippen molar-refractivity contribution in [1.29, 1.82) is 0 Å². The van der Waals surface area contributed by atoms with E-state index in [1.165, 1.54) is 0 Å². The van der Waals surface area contributed by atoms with Crippen molar-refractivity contribution in [1.82, 2.24) is 15.2 Å². The van der Waals surface area contributed by atoms with E-state index in [9.17, 15) is 4.79 Å². The first-order chi connectivity index (χ1) is 11.1. The lowest BCUT2D eigenvalue weighted by Gasteiger charge is -2.11. The topological polar surface area (TPSA) is 55.3 Å². The molecule has 1 heterocycles. The number of ether oxygens (including phenoxy) is 1. The van der Waals surface area contributed by atoms with Crippen LogP contribution in [-0.2, 0) is 0 Å². The van der Waals surface area contributed by atoms with Crippen LogP contribution in [0.2, 0.25) is 0 Å². The molecule has 0 atom stereocenters. The highest BCUT2D eigenvalue weighted by molar-refractivity contribution is 5.95. The van der Waals surface area contributed by atoms with Gasteiger partial charge in [0.05, 0.1) is 12.7 Å². The van der Waals surface area contributed by atoms with Crippen molar-refractivity contribution >= 4 is 18.3 Å². The van der Waals surface area contributed by atoms with Crippen LogP contribution in [0.4, 0.5) is 0 Å². The smallest absolute Gasteiger partial charge is 0.253 e. The third-order valence-electron chi connectivity index (χ3n) is 3.90. The summed E-state index contributed by atoms with van der Waals surface area (Å²) < 4.78 is 7.28. The van der Waals surface area contributed by atoms with Crippen LogP contribution in [0.5, 0.6) is 5.75 Å². The molecule has 0 aliphatic heterocycles. The summed E-state index contributed by atoms with van der Waals surface area (Å²) in [5.74, 6) is 0.799. The van der Waals surface area contributed by atoms with Gasteiger partial charge in [0, 0.05) is 23.6 Å². The maximum absolute atomic E-state index is 12.4. The first-order valence-electron chi connectivity index (χ1n) is 7.84. The third kappa shape index (κ3) is 4.52. The van der Waals surface area contributed by atoms with E-state index in [1.54, 1.807) is 7.11 Å². The zero-order valence-electron chi connectivity index (χ0n) is 14.7. The van der Waals surface area contributed by atoms with Crippen molar-refractivity contribution < 1.29 is 9.53 Å². The molecular formula is C18H26ClN3O2. The lowest BCUT2D eigenvalue weighted by atomic mass is 10.2. The number of hydrogen-bond acceptors (Lipinski definition) is 3. The Bertz CT molecular complexity index is 666. The molecule has 0 unspecified atom stereocenters. The molecule has 0 fully saturated rings. The summed E-state index contributed by atoms with van der Waals surface area (Å²) in [4.78, 5) is 12.4. The van der Waals surface area contributed by atoms with E-state index in [1.807, 2.05) is 51.2 Å². The van der Waals surface area contributed by atoms with Gasteiger partial charge in [0.25, 0.3) is 5.91 Å². The summed E-state index contributed by atoms with van der Waals surface area (Å²) >= 11 is 0. The molecule has 2 aromatic rings. The highest BCUT2D eigenvalue weighted by Gasteiger charge is 2.16. The van der Waals surface area contributed by atoms with Crippen LogP contribution in [0, 0.1) is 13.8 Å². The Hall–Kier alpha value is -1.98. The van der Waals surface area contributed by atoms with Gasteiger partial charge in [-0.1, -0.05) is 0 Å². The van der Waals surface area contributed by atoms with E-state index in [2.05, 4.69) is 15.2 Å². The zero-order chi connectivity index (χ0) is 16.8. The summed E-state index contributed by atoms with van der Waals surface area (Å²) in [7, 11) is 3.56. The number of carbonyl (C=O) groups excluding carboxylic acids is 1. The van der Waals surface area contributed by atoms with E-state index < -0.39 is 0 Å². The minimum Gasteiger partial charge on any atom is -0.497 e. The van der Waals surface area contributed by atoms with Gasteiger partial charge in [-0.05, 0) is 64.2 Å². The van der Waals surface area contributed by atoms with Crippen LogP contribution >= 0.6 is 12.4 Å². The first-order valence-corrected chi connectivity index (χ1v) is 7.84. The van der Waals surface area contributed by atoms with Gasteiger partial charge in [0.2, 0.25) is 0 Å². The van der Waals surface area contributed by atoms with Crippen molar-refractivity contribution in [2.24, 2.45) is 0 Å². The van der Waals surface area contributed by atoms with Crippen LogP contribution in [-0.4, -0.2) is 37.7 Å². The number of nitrogens with one attached hydrogen (secondary N) is 2.